The fourth-order valence-corrected chi connectivity index (χ4v) is 2.89. The number of halogens is 2. The van der Waals surface area contributed by atoms with Crippen molar-refractivity contribution in [3.63, 3.8) is 0 Å². The molecule has 0 saturated carbocycles. The highest BCUT2D eigenvalue weighted by atomic mass is 35.5. The lowest BCUT2D eigenvalue weighted by Gasteiger charge is -2.17. The van der Waals surface area contributed by atoms with Gasteiger partial charge in [-0.15, -0.1) is 0 Å². The highest BCUT2D eigenvalue weighted by molar-refractivity contribution is 6.30. The number of anilines is 1. The van der Waals surface area contributed by atoms with Crippen molar-refractivity contribution in [1.29, 1.82) is 0 Å². The highest BCUT2D eigenvalue weighted by Gasteiger charge is 2.29. The average Bonchev–Trinajstić information content (AvgIpc) is 3.22. The van der Waals surface area contributed by atoms with Crippen molar-refractivity contribution < 1.29 is 14.4 Å². The maximum atomic E-state index is 12.6. The molecule has 1 aromatic heterocycles. The minimum atomic E-state index is -0.693. The Hall–Kier alpha value is -2.61. The number of amides is 2. The molecule has 158 valence electrons. The number of urea groups is 1. The van der Waals surface area contributed by atoms with Crippen molar-refractivity contribution in [3.8, 4) is 0 Å². The topological polar surface area (TPSA) is 100 Å². The first-order valence-corrected chi connectivity index (χ1v) is 10.0. The number of nitrogens with zero attached hydrogens (tertiary/aromatic N) is 2. The molecule has 0 aliphatic heterocycles. The van der Waals surface area contributed by atoms with Gasteiger partial charge in [0.15, 0.2) is 5.82 Å². The zero-order valence-electron chi connectivity index (χ0n) is 16.5. The monoisotopic (exact) mass is 448 g/mol. The maximum absolute atomic E-state index is 12.6. The van der Waals surface area contributed by atoms with Gasteiger partial charge in [-0.05, 0) is 55.8 Å². The second kappa shape index (κ2) is 9.47. The molecule has 3 aromatic rings. The number of carbonyl (C=O) groups is 1. The zero-order chi connectivity index (χ0) is 21.7. The molecule has 0 saturated heterocycles. The zero-order valence-corrected chi connectivity index (χ0v) is 18.0. The van der Waals surface area contributed by atoms with Gasteiger partial charge < -0.3 is 20.3 Å². The standard InChI is InChI=1S/C21H22Cl2N4O3/c1-21(2,12-28)19-26-18(27-30-19)17(11-13-3-5-14(22)6-4-13)25-20(29)24-16-9-7-15(23)8-10-16/h3-10,17,28H,11-12H2,1-2H3,(H2,24,25,29)/t17-/m0/s1. The van der Waals surface area contributed by atoms with Crippen LogP contribution in [0.5, 0.6) is 0 Å². The van der Waals surface area contributed by atoms with Crippen LogP contribution < -0.4 is 10.6 Å². The van der Waals surface area contributed by atoms with Gasteiger partial charge in [0.1, 0.15) is 0 Å². The van der Waals surface area contributed by atoms with E-state index in [0.29, 0.717) is 33.9 Å². The van der Waals surface area contributed by atoms with E-state index in [1.807, 2.05) is 12.1 Å². The summed E-state index contributed by atoms with van der Waals surface area (Å²) in [6.07, 6.45) is 0.420. The number of aliphatic hydroxyl groups is 1. The van der Waals surface area contributed by atoms with Crippen molar-refractivity contribution in [3.05, 3.63) is 75.9 Å². The second-order valence-corrected chi connectivity index (χ2v) is 8.36. The molecule has 0 unspecified atom stereocenters. The maximum Gasteiger partial charge on any atom is 0.319 e. The Morgan fingerprint density at radius 1 is 1.10 bits per heavy atom. The minimum Gasteiger partial charge on any atom is -0.395 e. The number of rotatable bonds is 7. The van der Waals surface area contributed by atoms with E-state index in [4.69, 9.17) is 27.7 Å². The van der Waals surface area contributed by atoms with Gasteiger partial charge in [-0.3, -0.25) is 0 Å². The summed E-state index contributed by atoms with van der Waals surface area (Å²) in [5.41, 5.74) is 0.836. The van der Waals surface area contributed by atoms with Gasteiger partial charge in [0, 0.05) is 22.2 Å². The molecule has 3 rings (SSSR count). The first kappa shape index (κ1) is 22.1. The summed E-state index contributed by atoms with van der Waals surface area (Å²) in [5, 5.41) is 20.4. The van der Waals surface area contributed by atoms with Crippen LogP contribution >= 0.6 is 23.2 Å². The Morgan fingerprint density at radius 3 is 2.30 bits per heavy atom. The number of nitrogens with one attached hydrogen (secondary N) is 2. The van der Waals surface area contributed by atoms with Crippen LogP contribution in [0.4, 0.5) is 10.5 Å². The summed E-state index contributed by atoms with van der Waals surface area (Å²) in [7, 11) is 0. The largest absolute Gasteiger partial charge is 0.395 e. The second-order valence-electron chi connectivity index (χ2n) is 7.49. The van der Waals surface area contributed by atoms with Crippen LogP contribution in [-0.4, -0.2) is 27.9 Å². The molecule has 2 aromatic carbocycles. The Kier molecular flexibility index (Phi) is 6.97. The number of aliphatic hydroxyl groups excluding tert-OH is 1. The lowest BCUT2D eigenvalue weighted by Crippen LogP contribution is -2.34. The quantitative estimate of drug-likeness (QED) is 0.483. The number of aromatic nitrogens is 2. The average molecular weight is 449 g/mol. The third-order valence-corrected chi connectivity index (χ3v) is 4.99. The Morgan fingerprint density at radius 2 is 1.70 bits per heavy atom. The minimum absolute atomic E-state index is 0.152. The summed E-state index contributed by atoms with van der Waals surface area (Å²) in [5.74, 6) is 0.605. The van der Waals surface area contributed by atoms with Crippen LogP contribution in [-0.2, 0) is 11.8 Å². The van der Waals surface area contributed by atoms with Crippen molar-refractivity contribution in [2.45, 2.75) is 31.7 Å². The number of hydrogen-bond acceptors (Lipinski definition) is 5. The summed E-state index contributed by atoms with van der Waals surface area (Å²) in [6, 6.07) is 13.1. The summed E-state index contributed by atoms with van der Waals surface area (Å²) in [4.78, 5) is 17.0. The van der Waals surface area contributed by atoms with Crippen LogP contribution in [0, 0.1) is 0 Å². The van der Waals surface area contributed by atoms with E-state index in [0.717, 1.165) is 5.56 Å². The molecule has 3 N–H and O–H groups in total. The van der Waals surface area contributed by atoms with Crippen LogP contribution in [0.2, 0.25) is 10.0 Å². The molecule has 7 nitrogen and oxygen atoms in total. The van der Waals surface area contributed by atoms with Gasteiger partial charge >= 0.3 is 6.03 Å². The van der Waals surface area contributed by atoms with Gasteiger partial charge in [0.05, 0.1) is 18.1 Å². The van der Waals surface area contributed by atoms with Crippen LogP contribution in [0.25, 0.3) is 0 Å². The van der Waals surface area contributed by atoms with Crippen LogP contribution in [0.1, 0.15) is 37.2 Å². The summed E-state index contributed by atoms with van der Waals surface area (Å²) >= 11 is 11.9. The van der Waals surface area contributed by atoms with E-state index < -0.39 is 17.5 Å². The predicted molar refractivity (Wildman–Crippen MR) is 116 cm³/mol. The molecule has 0 bridgehead atoms. The van der Waals surface area contributed by atoms with E-state index in [-0.39, 0.29) is 6.61 Å². The van der Waals surface area contributed by atoms with Crippen molar-refractivity contribution in [2.75, 3.05) is 11.9 Å². The molecule has 0 aliphatic rings. The van der Waals surface area contributed by atoms with Crippen LogP contribution in [0.15, 0.2) is 53.1 Å². The van der Waals surface area contributed by atoms with Crippen LogP contribution in [0.3, 0.4) is 0 Å². The molecule has 0 spiro atoms. The molecule has 30 heavy (non-hydrogen) atoms. The molecule has 1 atom stereocenters. The third kappa shape index (κ3) is 5.72. The fraction of sp³-hybridized carbons (Fsp3) is 0.286. The summed E-state index contributed by atoms with van der Waals surface area (Å²) < 4.78 is 5.34. The number of benzene rings is 2. The molecule has 9 heteroatoms. The van der Waals surface area contributed by atoms with Gasteiger partial charge in [0.2, 0.25) is 5.89 Å². The van der Waals surface area contributed by atoms with Gasteiger partial charge in [-0.2, -0.15) is 4.98 Å². The Balaban J connectivity index is 1.80. The van der Waals surface area contributed by atoms with Crippen molar-refractivity contribution in [2.24, 2.45) is 0 Å². The number of carbonyl (C=O) groups excluding carboxylic acids is 1. The van der Waals surface area contributed by atoms with E-state index >= 15 is 0 Å². The van der Waals surface area contributed by atoms with E-state index in [1.54, 1.807) is 50.2 Å². The molecule has 0 aliphatic carbocycles. The Labute approximate surface area is 184 Å². The van der Waals surface area contributed by atoms with Crippen molar-refractivity contribution >= 4 is 34.9 Å². The highest BCUT2D eigenvalue weighted by Crippen LogP contribution is 2.24. The molecule has 0 radical (unpaired) electrons. The first-order chi connectivity index (χ1) is 14.3. The predicted octanol–water partition coefficient (Wildman–Crippen LogP) is 4.75. The lowest BCUT2D eigenvalue weighted by molar-refractivity contribution is 0.182. The molecular weight excluding hydrogens is 427 g/mol. The van der Waals surface area contributed by atoms with E-state index in [1.165, 1.54) is 0 Å². The normalized spacial score (nSPS) is 12.4. The fourth-order valence-electron chi connectivity index (χ4n) is 2.64. The SMILES string of the molecule is CC(C)(CO)c1nc([C@H](Cc2ccc(Cl)cc2)NC(=O)Nc2ccc(Cl)cc2)no1. The number of hydrogen-bond donors (Lipinski definition) is 3. The van der Waals surface area contributed by atoms with E-state index in [9.17, 15) is 9.90 Å². The smallest absolute Gasteiger partial charge is 0.319 e. The third-order valence-electron chi connectivity index (χ3n) is 4.49. The Bertz CT molecular complexity index is 988. The molecule has 0 fully saturated rings. The summed E-state index contributed by atoms with van der Waals surface area (Å²) in [6.45, 7) is 3.43. The van der Waals surface area contributed by atoms with Gasteiger partial charge in [0.25, 0.3) is 0 Å². The van der Waals surface area contributed by atoms with Gasteiger partial charge in [-0.25, -0.2) is 4.79 Å². The first-order valence-electron chi connectivity index (χ1n) is 9.29. The molecule has 1 heterocycles. The lowest BCUT2D eigenvalue weighted by atomic mass is 9.95. The van der Waals surface area contributed by atoms with E-state index in [2.05, 4.69) is 20.8 Å². The van der Waals surface area contributed by atoms with Gasteiger partial charge in [-0.1, -0.05) is 40.5 Å². The molecular formula is C21H22Cl2N4O3. The molecule has 2 amide bonds. The van der Waals surface area contributed by atoms with Crippen molar-refractivity contribution in [1.82, 2.24) is 15.5 Å².